The number of allylic oxidation sites excluding steroid dienone is 4. The first kappa shape index (κ1) is 46.9. The fraction of sp³-hybridized carbons (Fsp3) is 0.773. The summed E-state index contributed by atoms with van der Waals surface area (Å²) in [5.74, 6) is -7.76. The van der Waals surface area contributed by atoms with Crippen LogP contribution in [0.5, 0.6) is 0 Å². The van der Waals surface area contributed by atoms with Crippen molar-refractivity contribution in [2.75, 3.05) is 27.9 Å². The zero-order valence-corrected chi connectivity index (χ0v) is 35.4. The van der Waals surface area contributed by atoms with E-state index in [1.165, 1.54) is 19.1 Å². The Morgan fingerprint density at radius 3 is 2.25 bits per heavy atom. The van der Waals surface area contributed by atoms with Crippen LogP contribution in [0.25, 0.3) is 0 Å². The first-order chi connectivity index (χ1) is 27.0. The summed E-state index contributed by atoms with van der Waals surface area (Å²) < 4.78 is 29.7. The smallest absolute Gasteiger partial charge is 0.329 e. The average Bonchev–Trinajstić information content (AvgIpc) is 3.18. The van der Waals surface area contributed by atoms with Crippen LogP contribution in [0.4, 0.5) is 0 Å². The second-order valence-corrected chi connectivity index (χ2v) is 17.3. The van der Waals surface area contributed by atoms with Crippen molar-refractivity contribution in [1.29, 1.82) is 0 Å². The second kappa shape index (κ2) is 21.0. The average molecular weight is 804 g/mol. The molecule has 3 heterocycles. The van der Waals surface area contributed by atoms with Gasteiger partial charge >= 0.3 is 5.97 Å². The molecule has 57 heavy (non-hydrogen) atoms. The summed E-state index contributed by atoms with van der Waals surface area (Å²) in [5, 5.41) is 34.1. The summed E-state index contributed by atoms with van der Waals surface area (Å²) in [4.78, 5) is 57.8. The Morgan fingerprint density at radius 1 is 0.930 bits per heavy atom. The van der Waals surface area contributed by atoms with Crippen LogP contribution in [0.2, 0.25) is 0 Å². The quantitative estimate of drug-likeness (QED) is 0.185. The normalized spacial score (nSPS) is 41.0. The molecule has 4 aliphatic rings. The molecule has 1 aliphatic carbocycles. The van der Waals surface area contributed by atoms with Crippen LogP contribution in [0, 0.1) is 29.6 Å². The number of Topliss-reactive ketones (excluding diaryl/α,β-unsaturated/α-hetero) is 2. The zero-order chi connectivity index (χ0) is 42.2. The Balaban J connectivity index is 1.78. The Morgan fingerprint density at radius 2 is 1.60 bits per heavy atom. The third-order valence-electron chi connectivity index (χ3n) is 12.9. The number of hydrogen-bond acceptors (Lipinski definition) is 12. The number of aliphatic hydroxyl groups is 3. The third-order valence-corrected chi connectivity index (χ3v) is 12.9. The third kappa shape index (κ3) is 11.3. The maximum absolute atomic E-state index is 14.3. The Hall–Kier alpha value is -2.78. The van der Waals surface area contributed by atoms with Crippen molar-refractivity contribution < 1.29 is 58.2 Å². The van der Waals surface area contributed by atoms with Crippen molar-refractivity contribution in [3.8, 4) is 0 Å². The molecule has 1 saturated carbocycles. The number of piperidine rings is 1. The number of carbonyl (C=O) groups is 4. The number of hydrogen-bond donors (Lipinski definition) is 3. The van der Waals surface area contributed by atoms with E-state index in [9.17, 15) is 34.5 Å². The molecule has 2 bridgehead atoms. The van der Waals surface area contributed by atoms with Crippen LogP contribution in [0.15, 0.2) is 36.0 Å². The summed E-state index contributed by atoms with van der Waals surface area (Å²) in [6.45, 7) is 13.1. The number of amides is 1. The van der Waals surface area contributed by atoms with Crippen molar-refractivity contribution in [2.45, 2.75) is 160 Å². The lowest BCUT2D eigenvalue weighted by atomic mass is 9.81. The molecular weight excluding hydrogens is 734 g/mol. The summed E-state index contributed by atoms with van der Waals surface area (Å²) in [5.41, 5.74) is 1.61. The number of fused-ring (bicyclic) bond motifs is 3. The van der Waals surface area contributed by atoms with Gasteiger partial charge in [0.15, 0.2) is 0 Å². The largest absolute Gasteiger partial charge is 0.456 e. The van der Waals surface area contributed by atoms with Gasteiger partial charge in [0.1, 0.15) is 24.0 Å². The van der Waals surface area contributed by atoms with Crippen LogP contribution in [-0.4, -0.2) is 126 Å². The van der Waals surface area contributed by atoms with Gasteiger partial charge in [0.25, 0.3) is 11.7 Å². The van der Waals surface area contributed by atoms with Crippen molar-refractivity contribution in [2.24, 2.45) is 29.6 Å². The van der Waals surface area contributed by atoms with Crippen LogP contribution < -0.4 is 0 Å². The van der Waals surface area contributed by atoms with Gasteiger partial charge in [-0.25, -0.2) is 4.79 Å². The predicted molar refractivity (Wildman–Crippen MR) is 213 cm³/mol. The first-order valence-corrected chi connectivity index (χ1v) is 20.9. The van der Waals surface area contributed by atoms with Crippen LogP contribution >= 0.6 is 0 Å². The highest BCUT2D eigenvalue weighted by Crippen LogP contribution is 2.39. The van der Waals surface area contributed by atoms with Gasteiger partial charge in [0, 0.05) is 52.0 Å². The van der Waals surface area contributed by atoms with E-state index in [1.807, 2.05) is 32.9 Å². The lowest BCUT2D eigenvalue weighted by Gasteiger charge is -2.47. The minimum absolute atomic E-state index is 0.00988. The van der Waals surface area contributed by atoms with E-state index in [-0.39, 0.29) is 49.5 Å². The van der Waals surface area contributed by atoms with E-state index >= 15 is 0 Å². The monoisotopic (exact) mass is 803 g/mol. The number of ketones is 2. The van der Waals surface area contributed by atoms with Crippen LogP contribution in [0.3, 0.4) is 0 Å². The van der Waals surface area contributed by atoms with Gasteiger partial charge in [-0.1, -0.05) is 44.6 Å². The Kier molecular flexibility index (Phi) is 17.2. The van der Waals surface area contributed by atoms with E-state index in [4.69, 9.17) is 23.7 Å². The van der Waals surface area contributed by atoms with Crippen LogP contribution in [-0.2, 0) is 42.9 Å². The van der Waals surface area contributed by atoms with Gasteiger partial charge in [-0.05, 0) is 95.5 Å². The molecule has 0 aromatic heterocycles. The Labute approximate surface area is 339 Å². The molecule has 13 heteroatoms. The molecule has 0 radical (unpaired) electrons. The Bertz CT molecular complexity index is 1480. The minimum atomic E-state index is -2.51. The molecule has 1 amide bonds. The fourth-order valence-electron chi connectivity index (χ4n) is 9.42. The van der Waals surface area contributed by atoms with Gasteiger partial charge in [-0.2, -0.15) is 0 Å². The number of rotatable bonds is 7. The first-order valence-electron chi connectivity index (χ1n) is 20.9. The highest BCUT2D eigenvalue weighted by atomic mass is 16.7. The van der Waals surface area contributed by atoms with Crippen molar-refractivity contribution in [1.82, 2.24) is 4.90 Å². The minimum Gasteiger partial charge on any atom is -0.456 e. The fourth-order valence-corrected chi connectivity index (χ4v) is 9.42. The van der Waals surface area contributed by atoms with Crippen molar-refractivity contribution >= 4 is 23.4 Å². The predicted octanol–water partition coefficient (Wildman–Crippen LogP) is 4.64. The van der Waals surface area contributed by atoms with Gasteiger partial charge in [-0.15, -0.1) is 6.58 Å². The van der Waals surface area contributed by atoms with Crippen molar-refractivity contribution in [3.63, 3.8) is 0 Å². The van der Waals surface area contributed by atoms with Gasteiger partial charge in [0.2, 0.25) is 5.79 Å². The SMILES string of the molecule is C=CC[C@@H]1/C=C(/C)C[C@@H](C)C[C@H](OC)[C@H]2O[C@@](O)(C(=O)C(=O)N3CCCC[C@H]3C(=O)O[C@H](/C(C)=C/C3CCC(O)[C@H](OC)C3)[C@@H](C)[C@H](O)CC1=O)[C@H](C)C[C@@H]2OC. The molecule has 3 fully saturated rings. The van der Waals surface area contributed by atoms with Crippen LogP contribution in [0.1, 0.15) is 105 Å². The molecule has 2 unspecified atom stereocenters. The summed E-state index contributed by atoms with van der Waals surface area (Å²) in [7, 11) is 4.61. The maximum Gasteiger partial charge on any atom is 0.329 e. The van der Waals surface area contributed by atoms with Gasteiger partial charge < -0.3 is 43.9 Å². The number of esters is 1. The number of carbonyl (C=O) groups excluding carboxylic acids is 4. The van der Waals surface area contributed by atoms with E-state index in [1.54, 1.807) is 27.0 Å². The van der Waals surface area contributed by atoms with E-state index < -0.39 is 83.9 Å². The molecule has 2 saturated heterocycles. The van der Waals surface area contributed by atoms with E-state index in [0.717, 1.165) is 5.57 Å². The number of methoxy groups -OCH3 is 3. The topological polar surface area (TPSA) is 178 Å². The number of ether oxygens (including phenoxy) is 5. The molecule has 0 aromatic carbocycles. The highest BCUT2D eigenvalue weighted by molar-refractivity contribution is 6.39. The summed E-state index contributed by atoms with van der Waals surface area (Å²) in [6, 6.07) is -1.14. The molecule has 3 aliphatic heterocycles. The van der Waals surface area contributed by atoms with Crippen molar-refractivity contribution in [3.05, 3.63) is 36.0 Å². The molecule has 4 rings (SSSR count). The molecule has 14 atom stereocenters. The maximum atomic E-state index is 14.3. The van der Waals surface area contributed by atoms with Gasteiger partial charge in [0.05, 0.1) is 30.5 Å². The second-order valence-electron chi connectivity index (χ2n) is 17.3. The standard InChI is InChI=1S/C44H69NO12/c1-10-13-31-19-25(2)18-26(3)20-37(54-8)40-38(55-9)22-28(5)44(52,57-40)41(49)42(50)45-17-12-11-14-32(45)43(51)56-39(29(6)34(47)24-35(31)48)27(4)21-30-15-16-33(46)36(23-30)53-7/h10,19,21,26,28-34,36-40,46-47,52H,1,11-18,20,22-24H2,2-9H3/b25-19-,27-21+/t26-,28-,29+,30?,31-,32+,33?,34-,36-,37+,38+,39-,40-,44-/m1/s1. The number of aliphatic hydroxyl groups excluding tert-OH is 2. The lowest BCUT2D eigenvalue weighted by Crippen LogP contribution is -2.64. The lowest BCUT2D eigenvalue weighted by molar-refractivity contribution is -0.302. The summed E-state index contributed by atoms with van der Waals surface area (Å²) >= 11 is 0. The zero-order valence-electron chi connectivity index (χ0n) is 35.4. The highest BCUT2D eigenvalue weighted by Gasteiger charge is 2.56. The summed E-state index contributed by atoms with van der Waals surface area (Å²) in [6.07, 6.45) is 4.93. The van der Waals surface area contributed by atoms with E-state index in [2.05, 4.69) is 6.58 Å². The molecule has 322 valence electrons. The molecule has 0 aromatic rings. The molecule has 0 spiro atoms. The molecule has 13 nitrogen and oxygen atoms in total. The number of cyclic esters (lactones) is 1. The number of nitrogens with zero attached hydrogens (tertiary/aromatic N) is 1. The molecule has 3 N–H and O–H groups in total. The van der Waals surface area contributed by atoms with E-state index in [0.29, 0.717) is 56.9 Å². The van der Waals surface area contributed by atoms with Gasteiger partial charge in [-0.3, -0.25) is 14.4 Å². The molecular formula is C44H69NO12.